The highest BCUT2D eigenvalue weighted by molar-refractivity contribution is 4.34. The van der Waals surface area contributed by atoms with E-state index in [-0.39, 0.29) is 26.4 Å². The van der Waals surface area contributed by atoms with Gasteiger partial charge in [0.2, 0.25) is 0 Å². The van der Waals surface area contributed by atoms with Crippen molar-refractivity contribution in [3.63, 3.8) is 0 Å². The van der Waals surface area contributed by atoms with Gasteiger partial charge in [-0.3, -0.25) is 0 Å². The normalized spacial score (nSPS) is 12.7. The lowest BCUT2D eigenvalue weighted by Gasteiger charge is -1.94. The lowest BCUT2D eigenvalue weighted by Crippen LogP contribution is -2.03. The Bertz CT molecular complexity index is 96.8. The summed E-state index contributed by atoms with van der Waals surface area (Å²) in [5.41, 5.74) is 0. The lowest BCUT2D eigenvalue weighted by molar-refractivity contribution is 0.0650. The number of aliphatic hydroxyl groups is 6. The minimum absolute atomic E-state index is 0.0278. The zero-order valence-electron chi connectivity index (χ0n) is 10.5. The molecule has 0 radical (unpaired) electrons. The Morgan fingerprint density at radius 2 is 1.00 bits per heavy atom. The molecule has 0 heterocycles. The minimum Gasteiger partial charge on any atom is -0.394 e. The summed E-state index contributed by atoms with van der Waals surface area (Å²) in [6.07, 6.45) is -1.12. The number of aliphatic hydroxyl groups excluding tert-OH is 6. The van der Waals surface area contributed by atoms with E-state index in [0.717, 1.165) is 0 Å². The van der Waals surface area contributed by atoms with Crippen LogP contribution in [0.3, 0.4) is 0 Å². The van der Waals surface area contributed by atoms with Crippen LogP contribution in [0.25, 0.3) is 0 Å². The molecule has 0 bridgehead atoms. The highest BCUT2D eigenvalue weighted by Crippen LogP contribution is 1.69. The van der Waals surface area contributed by atoms with Crippen molar-refractivity contribution in [1.82, 2.24) is 0 Å². The van der Waals surface area contributed by atoms with E-state index in [9.17, 15) is 0 Å². The van der Waals surface area contributed by atoms with E-state index in [1.165, 1.54) is 13.8 Å². The highest BCUT2D eigenvalue weighted by Gasteiger charge is 1.83. The van der Waals surface area contributed by atoms with Crippen LogP contribution in [0.2, 0.25) is 0 Å². The van der Waals surface area contributed by atoms with E-state index in [2.05, 4.69) is 4.74 Å². The number of ether oxygens (including phenoxy) is 1. The van der Waals surface area contributed by atoms with Gasteiger partial charge in [-0.15, -0.1) is 0 Å². The first-order valence-electron chi connectivity index (χ1n) is 5.33. The van der Waals surface area contributed by atoms with Crippen LogP contribution < -0.4 is 0 Å². The second-order valence-electron chi connectivity index (χ2n) is 3.12. The molecule has 0 aliphatic carbocycles. The molecule has 6 N–H and O–H groups in total. The van der Waals surface area contributed by atoms with E-state index in [1.807, 2.05) is 0 Å². The fourth-order valence-corrected chi connectivity index (χ4v) is 0.231. The fourth-order valence-electron chi connectivity index (χ4n) is 0.231. The van der Waals surface area contributed by atoms with Crippen LogP contribution in [0, 0.1) is 0 Å². The Hall–Kier alpha value is -0.280. The van der Waals surface area contributed by atoms with Crippen molar-refractivity contribution in [2.75, 3.05) is 39.6 Å². The molecule has 0 aromatic heterocycles. The maximum Gasteiger partial charge on any atom is 0.0742 e. The molecule has 0 spiro atoms. The van der Waals surface area contributed by atoms with Crippen molar-refractivity contribution < 1.29 is 35.4 Å². The molecule has 0 saturated carbocycles. The van der Waals surface area contributed by atoms with Crippen molar-refractivity contribution in [3.8, 4) is 0 Å². The Labute approximate surface area is 102 Å². The fraction of sp³-hybridized carbons (Fsp3) is 1.00. The van der Waals surface area contributed by atoms with Gasteiger partial charge in [-0.1, -0.05) is 0 Å². The molecular weight excluding hydrogens is 232 g/mol. The van der Waals surface area contributed by atoms with Crippen LogP contribution in [-0.2, 0) is 4.74 Å². The molecule has 2 unspecified atom stereocenters. The molecule has 108 valence electrons. The van der Waals surface area contributed by atoms with Gasteiger partial charge in [-0.05, 0) is 13.8 Å². The molecule has 0 aliphatic heterocycles. The average Bonchev–Trinajstić information content (AvgIpc) is 2.31. The first-order chi connectivity index (χ1) is 7.95. The molecule has 0 amide bonds. The van der Waals surface area contributed by atoms with Gasteiger partial charge in [0, 0.05) is 0 Å². The molecule has 2 atom stereocenters. The van der Waals surface area contributed by atoms with Crippen LogP contribution >= 0.6 is 0 Å². The van der Waals surface area contributed by atoms with Gasteiger partial charge in [0.1, 0.15) is 0 Å². The van der Waals surface area contributed by atoms with Crippen molar-refractivity contribution in [1.29, 1.82) is 0 Å². The quantitative estimate of drug-likeness (QED) is 0.296. The Morgan fingerprint density at radius 1 is 0.765 bits per heavy atom. The van der Waals surface area contributed by atoms with Gasteiger partial charge < -0.3 is 35.4 Å². The third-order valence-electron chi connectivity index (χ3n) is 1.000. The summed E-state index contributed by atoms with van der Waals surface area (Å²) < 4.78 is 4.63. The molecule has 0 aromatic rings. The summed E-state index contributed by atoms with van der Waals surface area (Å²) in [6, 6.07) is 0. The van der Waals surface area contributed by atoms with Gasteiger partial charge >= 0.3 is 0 Å². The molecular formula is C10H26O7. The molecule has 17 heavy (non-hydrogen) atoms. The molecule has 7 nitrogen and oxygen atoms in total. The standard InChI is InChI=1S/C4H10O3.2C3H8O2/c5-1-3-7-4-2-6;2*1-3(5)2-4/h5-6H,1-4H2;2*3-5H,2H2,1H3. The van der Waals surface area contributed by atoms with E-state index >= 15 is 0 Å². The third kappa shape index (κ3) is 49.7. The Balaban J connectivity index is -0.000000177. The second kappa shape index (κ2) is 21.1. The van der Waals surface area contributed by atoms with Gasteiger partial charge in [-0.25, -0.2) is 0 Å². The van der Waals surface area contributed by atoms with E-state index < -0.39 is 12.2 Å². The summed E-state index contributed by atoms with van der Waals surface area (Å²) in [7, 11) is 0. The van der Waals surface area contributed by atoms with Crippen LogP contribution in [0.15, 0.2) is 0 Å². The Kier molecular flexibility index (Phi) is 27.2. The summed E-state index contributed by atoms with van der Waals surface area (Å²) in [6.45, 7) is 3.47. The average molecular weight is 258 g/mol. The minimum atomic E-state index is -0.560. The van der Waals surface area contributed by atoms with E-state index in [0.29, 0.717) is 13.2 Å². The Morgan fingerprint density at radius 3 is 1.12 bits per heavy atom. The summed E-state index contributed by atoms with van der Waals surface area (Å²) in [5, 5.41) is 48.2. The summed E-state index contributed by atoms with van der Waals surface area (Å²) >= 11 is 0. The van der Waals surface area contributed by atoms with Crippen LogP contribution in [0.4, 0.5) is 0 Å². The second-order valence-corrected chi connectivity index (χ2v) is 3.12. The molecule has 0 rings (SSSR count). The molecule has 0 aromatic carbocycles. The smallest absolute Gasteiger partial charge is 0.0742 e. The third-order valence-corrected chi connectivity index (χ3v) is 1.000. The van der Waals surface area contributed by atoms with Gasteiger partial charge in [0.15, 0.2) is 0 Å². The SMILES string of the molecule is CC(O)CO.CC(O)CO.OCCOCCO. The predicted octanol–water partition coefficient (Wildman–Crippen LogP) is -2.29. The van der Waals surface area contributed by atoms with Gasteiger partial charge in [0.25, 0.3) is 0 Å². The van der Waals surface area contributed by atoms with E-state index in [1.54, 1.807) is 0 Å². The van der Waals surface area contributed by atoms with Crippen LogP contribution in [0.1, 0.15) is 13.8 Å². The lowest BCUT2D eigenvalue weighted by atomic mass is 10.5. The monoisotopic (exact) mass is 258 g/mol. The van der Waals surface area contributed by atoms with Gasteiger partial charge in [-0.2, -0.15) is 0 Å². The number of hydrogen-bond acceptors (Lipinski definition) is 7. The highest BCUT2D eigenvalue weighted by atomic mass is 16.5. The largest absolute Gasteiger partial charge is 0.394 e. The predicted molar refractivity (Wildman–Crippen MR) is 62.5 cm³/mol. The summed E-state index contributed by atoms with van der Waals surface area (Å²) in [4.78, 5) is 0. The topological polar surface area (TPSA) is 131 Å². The maximum absolute atomic E-state index is 8.11. The first kappa shape index (κ1) is 21.9. The van der Waals surface area contributed by atoms with Crippen molar-refractivity contribution >= 4 is 0 Å². The van der Waals surface area contributed by atoms with Crippen molar-refractivity contribution in [2.45, 2.75) is 26.1 Å². The first-order valence-corrected chi connectivity index (χ1v) is 5.33. The number of hydrogen-bond donors (Lipinski definition) is 6. The molecule has 0 saturated heterocycles. The van der Waals surface area contributed by atoms with E-state index in [4.69, 9.17) is 30.6 Å². The summed E-state index contributed by atoms with van der Waals surface area (Å²) in [5.74, 6) is 0. The zero-order valence-corrected chi connectivity index (χ0v) is 10.5. The molecule has 0 fully saturated rings. The van der Waals surface area contributed by atoms with Crippen molar-refractivity contribution in [3.05, 3.63) is 0 Å². The number of rotatable bonds is 6. The van der Waals surface area contributed by atoms with Crippen molar-refractivity contribution in [2.24, 2.45) is 0 Å². The van der Waals surface area contributed by atoms with Gasteiger partial charge in [0.05, 0.1) is 51.8 Å². The molecule has 7 heteroatoms. The van der Waals surface area contributed by atoms with Crippen LogP contribution in [-0.4, -0.2) is 82.5 Å². The zero-order chi connectivity index (χ0) is 14.1. The van der Waals surface area contributed by atoms with Crippen LogP contribution in [0.5, 0.6) is 0 Å². The molecule has 0 aliphatic rings. The maximum atomic E-state index is 8.11.